The van der Waals surface area contributed by atoms with Crippen LogP contribution in [0.25, 0.3) is 5.69 Å². The van der Waals surface area contributed by atoms with Gasteiger partial charge in [0.2, 0.25) is 0 Å². The summed E-state index contributed by atoms with van der Waals surface area (Å²) in [6.07, 6.45) is 0. The number of hydrogen-bond donors (Lipinski definition) is 0. The predicted molar refractivity (Wildman–Crippen MR) is 62.2 cm³/mol. The number of nitrogens with zero attached hydrogens (tertiary/aromatic N) is 2. The summed E-state index contributed by atoms with van der Waals surface area (Å²) in [6.45, 7) is 0. The number of alkyl halides is 1. The molecule has 0 saturated carbocycles. The Hall–Kier alpha value is -1.56. The molecular weight excluding hydrogens is 276 g/mol. The van der Waals surface area contributed by atoms with Gasteiger partial charge in [0.05, 0.1) is 12.7 Å². The smallest absolute Gasteiger partial charge is 0.317 e. The van der Waals surface area contributed by atoms with E-state index in [1.165, 1.54) is 7.05 Å². The first kappa shape index (κ1) is 10.9. The molecule has 2 rings (SSSR count). The van der Waals surface area contributed by atoms with Gasteiger partial charge in [0, 0.05) is 5.33 Å². The van der Waals surface area contributed by atoms with E-state index >= 15 is 0 Å². The van der Waals surface area contributed by atoms with Gasteiger partial charge in [-0.3, -0.25) is 0 Å². The fourth-order valence-electron chi connectivity index (χ4n) is 1.46. The van der Waals surface area contributed by atoms with Crippen molar-refractivity contribution < 1.29 is 4.52 Å². The van der Waals surface area contributed by atoms with Crippen LogP contribution in [0.2, 0.25) is 0 Å². The van der Waals surface area contributed by atoms with E-state index in [0.717, 1.165) is 14.9 Å². The highest BCUT2D eigenvalue weighted by Gasteiger charge is 2.13. The number of aromatic nitrogens is 2. The lowest BCUT2D eigenvalue weighted by Gasteiger charge is -2.03. The van der Waals surface area contributed by atoms with Crippen LogP contribution in [0.3, 0.4) is 0 Å². The Morgan fingerprint density at radius 1 is 1.31 bits per heavy atom. The van der Waals surface area contributed by atoms with Crippen molar-refractivity contribution in [3.63, 3.8) is 0 Å². The average molecular weight is 285 g/mol. The van der Waals surface area contributed by atoms with Gasteiger partial charge in [0.1, 0.15) is 0 Å². The summed E-state index contributed by atoms with van der Waals surface area (Å²) >= 11 is 3.31. The molecule has 5 nitrogen and oxygen atoms in total. The fourth-order valence-corrected chi connectivity index (χ4v) is 1.93. The molecule has 0 spiro atoms. The van der Waals surface area contributed by atoms with E-state index < -0.39 is 11.4 Å². The van der Waals surface area contributed by atoms with Gasteiger partial charge >= 0.3 is 11.4 Å². The zero-order valence-electron chi connectivity index (χ0n) is 8.51. The molecule has 0 amide bonds. The summed E-state index contributed by atoms with van der Waals surface area (Å²) in [7, 11) is 1.40. The zero-order chi connectivity index (χ0) is 11.7. The van der Waals surface area contributed by atoms with E-state index in [1.54, 1.807) is 12.1 Å². The highest BCUT2D eigenvalue weighted by molar-refractivity contribution is 9.08. The Morgan fingerprint density at radius 3 is 2.56 bits per heavy atom. The average Bonchev–Trinajstić information content (AvgIpc) is 2.53. The Labute approximate surface area is 99.0 Å². The monoisotopic (exact) mass is 284 g/mol. The summed E-state index contributed by atoms with van der Waals surface area (Å²) < 4.78 is 6.62. The fraction of sp³-hybridized carbons (Fsp3) is 0.200. The Bertz CT molecular complexity index is 623. The van der Waals surface area contributed by atoms with Crippen LogP contribution in [-0.2, 0) is 12.4 Å². The maximum absolute atomic E-state index is 11.7. The molecule has 0 fully saturated rings. The van der Waals surface area contributed by atoms with Gasteiger partial charge in [0.15, 0.2) is 0 Å². The van der Waals surface area contributed by atoms with Crippen molar-refractivity contribution in [2.45, 2.75) is 5.33 Å². The highest BCUT2D eigenvalue weighted by atomic mass is 79.9. The molecule has 6 heteroatoms. The molecule has 16 heavy (non-hydrogen) atoms. The molecule has 1 aromatic carbocycles. The first-order chi connectivity index (χ1) is 7.65. The molecule has 0 atom stereocenters. The lowest BCUT2D eigenvalue weighted by atomic mass is 10.2. The SMILES string of the molecule is Cn1oc(=O)n(-c2ccccc2CBr)c1=O. The van der Waals surface area contributed by atoms with Crippen molar-refractivity contribution in [1.82, 2.24) is 9.31 Å². The summed E-state index contributed by atoms with van der Waals surface area (Å²) in [6, 6.07) is 7.15. The first-order valence-corrected chi connectivity index (χ1v) is 5.71. The van der Waals surface area contributed by atoms with E-state index in [-0.39, 0.29) is 0 Å². The van der Waals surface area contributed by atoms with Crippen LogP contribution in [-0.4, -0.2) is 9.31 Å². The lowest BCUT2D eigenvalue weighted by Crippen LogP contribution is -2.27. The second-order valence-electron chi connectivity index (χ2n) is 3.23. The molecule has 0 bridgehead atoms. The van der Waals surface area contributed by atoms with Crippen LogP contribution >= 0.6 is 15.9 Å². The van der Waals surface area contributed by atoms with Gasteiger partial charge in [-0.25, -0.2) is 9.59 Å². The third kappa shape index (κ3) is 1.65. The van der Waals surface area contributed by atoms with Crippen LogP contribution in [0.1, 0.15) is 5.56 Å². The summed E-state index contributed by atoms with van der Waals surface area (Å²) in [5.74, 6) is -0.680. The van der Waals surface area contributed by atoms with E-state index in [4.69, 9.17) is 4.52 Å². The van der Waals surface area contributed by atoms with Crippen LogP contribution in [0, 0.1) is 0 Å². The third-order valence-electron chi connectivity index (χ3n) is 2.23. The van der Waals surface area contributed by atoms with Gasteiger partial charge in [-0.15, -0.1) is 0 Å². The molecule has 0 unspecified atom stereocenters. The lowest BCUT2D eigenvalue weighted by molar-refractivity contribution is 0.276. The van der Waals surface area contributed by atoms with Crippen molar-refractivity contribution in [2.24, 2.45) is 7.05 Å². The van der Waals surface area contributed by atoms with Gasteiger partial charge in [-0.05, 0) is 11.6 Å². The largest absolute Gasteiger partial charge is 0.447 e. The molecule has 84 valence electrons. The second-order valence-corrected chi connectivity index (χ2v) is 3.80. The van der Waals surface area contributed by atoms with Crippen molar-refractivity contribution in [2.75, 3.05) is 0 Å². The minimum absolute atomic E-state index is 0.488. The van der Waals surface area contributed by atoms with Crippen LogP contribution < -0.4 is 11.4 Å². The van der Waals surface area contributed by atoms with Gasteiger partial charge < -0.3 is 4.52 Å². The standard InChI is InChI=1S/C10H9BrN2O3/c1-12-9(14)13(10(15)16-12)8-5-3-2-4-7(8)6-11/h2-5H,6H2,1H3. The quantitative estimate of drug-likeness (QED) is 0.774. The Kier molecular flexibility index (Phi) is 2.82. The van der Waals surface area contributed by atoms with Crippen molar-refractivity contribution in [3.8, 4) is 5.69 Å². The normalized spacial score (nSPS) is 10.6. The number of para-hydroxylation sites is 1. The highest BCUT2D eigenvalue weighted by Crippen LogP contribution is 2.14. The van der Waals surface area contributed by atoms with E-state index in [0.29, 0.717) is 11.0 Å². The van der Waals surface area contributed by atoms with Gasteiger partial charge in [0.25, 0.3) is 0 Å². The first-order valence-electron chi connectivity index (χ1n) is 4.58. The molecule has 0 aliphatic carbocycles. The second kappa shape index (κ2) is 4.13. The Balaban J connectivity index is 2.77. The summed E-state index contributed by atoms with van der Waals surface area (Å²) in [5.41, 5.74) is 0.903. The van der Waals surface area contributed by atoms with E-state index in [9.17, 15) is 9.59 Å². The predicted octanol–water partition coefficient (Wildman–Crippen LogP) is 1.02. The molecule has 0 N–H and O–H groups in total. The van der Waals surface area contributed by atoms with Crippen molar-refractivity contribution in [1.29, 1.82) is 0 Å². The van der Waals surface area contributed by atoms with Crippen LogP contribution in [0.4, 0.5) is 0 Å². The summed E-state index contributed by atoms with van der Waals surface area (Å²) in [4.78, 5) is 23.2. The number of halogens is 1. The molecule has 2 aromatic rings. The number of benzene rings is 1. The Morgan fingerprint density at radius 2 is 2.00 bits per heavy atom. The maximum Gasteiger partial charge on any atom is 0.447 e. The van der Waals surface area contributed by atoms with Gasteiger partial charge in [-0.2, -0.15) is 9.31 Å². The van der Waals surface area contributed by atoms with Crippen LogP contribution in [0.15, 0.2) is 38.4 Å². The summed E-state index contributed by atoms with van der Waals surface area (Å²) in [5, 5.41) is 0.559. The molecule has 1 heterocycles. The number of hydrogen-bond acceptors (Lipinski definition) is 3. The molecule has 0 radical (unpaired) electrons. The number of rotatable bonds is 2. The minimum atomic E-state index is -0.680. The van der Waals surface area contributed by atoms with Gasteiger partial charge in [-0.1, -0.05) is 34.1 Å². The molecular formula is C10H9BrN2O3. The van der Waals surface area contributed by atoms with E-state index in [2.05, 4.69) is 15.9 Å². The zero-order valence-corrected chi connectivity index (χ0v) is 10.1. The van der Waals surface area contributed by atoms with Crippen LogP contribution in [0.5, 0.6) is 0 Å². The third-order valence-corrected chi connectivity index (χ3v) is 2.84. The maximum atomic E-state index is 11.7. The molecule has 1 aromatic heterocycles. The van der Waals surface area contributed by atoms with Crippen molar-refractivity contribution >= 4 is 15.9 Å². The minimum Gasteiger partial charge on any atom is -0.317 e. The van der Waals surface area contributed by atoms with E-state index in [1.807, 2.05) is 12.1 Å². The molecule has 0 saturated heterocycles. The topological polar surface area (TPSA) is 57.1 Å². The van der Waals surface area contributed by atoms with Crippen molar-refractivity contribution in [3.05, 3.63) is 50.9 Å². The molecule has 0 aliphatic heterocycles. The molecule has 0 aliphatic rings. The number of aryl methyl sites for hydroxylation is 1.